The number of hydrogen-bond acceptors (Lipinski definition) is 4. The minimum atomic E-state index is -0.441. The fourth-order valence-corrected chi connectivity index (χ4v) is 2.95. The smallest absolute Gasteiger partial charge is 0.253 e. The van der Waals surface area contributed by atoms with Crippen molar-refractivity contribution >= 4 is 17.5 Å². The zero-order valence-electron chi connectivity index (χ0n) is 14.1. The highest BCUT2D eigenvalue weighted by atomic mass is 16.5. The molecule has 3 N–H and O–H groups in total. The predicted molar refractivity (Wildman–Crippen MR) is 95.9 cm³/mol. The Kier molecular flexibility index (Phi) is 4.88. The number of hydrogen-bond donors (Lipinski definition) is 2. The maximum absolute atomic E-state index is 12.6. The molecule has 1 saturated heterocycles. The average Bonchev–Trinajstić information content (AvgIpc) is 3.10. The number of carbonyl (C=O) groups excluding carboxylic acids is 2. The molecule has 1 aliphatic heterocycles. The van der Waals surface area contributed by atoms with Crippen LogP contribution in [0.25, 0.3) is 0 Å². The number of nitrogens with one attached hydrogen (secondary N) is 1. The van der Waals surface area contributed by atoms with Crippen LogP contribution < -0.4 is 15.8 Å². The van der Waals surface area contributed by atoms with E-state index in [2.05, 4.69) is 5.32 Å². The summed E-state index contributed by atoms with van der Waals surface area (Å²) in [6.07, 6.45) is 0.874. The zero-order chi connectivity index (χ0) is 17.8. The number of carbonyl (C=O) groups is 2. The lowest BCUT2D eigenvalue weighted by atomic mass is 10.2. The van der Waals surface area contributed by atoms with Gasteiger partial charge >= 0.3 is 0 Å². The van der Waals surface area contributed by atoms with Gasteiger partial charge < -0.3 is 20.7 Å². The lowest BCUT2D eigenvalue weighted by Gasteiger charge is -2.18. The van der Waals surface area contributed by atoms with Crippen molar-refractivity contribution < 1.29 is 14.3 Å². The minimum Gasteiger partial charge on any atom is -0.497 e. The maximum Gasteiger partial charge on any atom is 0.253 e. The van der Waals surface area contributed by atoms with Gasteiger partial charge in [-0.2, -0.15) is 0 Å². The van der Waals surface area contributed by atoms with E-state index >= 15 is 0 Å². The molecular weight excluding hydrogens is 318 g/mol. The third-order valence-electron chi connectivity index (χ3n) is 4.35. The number of primary amides is 1. The Labute approximate surface area is 146 Å². The van der Waals surface area contributed by atoms with Crippen molar-refractivity contribution in [1.82, 2.24) is 4.90 Å². The largest absolute Gasteiger partial charge is 0.497 e. The van der Waals surface area contributed by atoms with Crippen molar-refractivity contribution in [3.8, 4) is 5.75 Å². The van der Waals surface area contributed by atoms with Crippen LogP contribution in [0.5, 0.6) is 5.75 Å². The van der Waals surface area contributed by atoms with Gasteiger partial charge in [0.15, 0.2) is 0 Å². The number of anilines is 1. The normalized spacial score (nSPS) is 16.5. The molecule has 2 aromatic rings. The van der Waals surface area contributed by atoms with Gasteiger partial charge in [-0.3, -0.25) is 9.59 Å². The summed E-state index contributed by atoms with van der Waals surface area (Å²) in [4.78, 5) is 25.5. The zero-order valence-corrected chi connectivity index (χ0v) is 14.1. The van der Waals surface area contributed by atoms with E-state index in [1.54, 1.807) is 43.5 Å². The van der Waals surface area contributed by atoms with Gasteiger partial charge in [-0.25, -0.2) is 0 Å². The second kappa shape index (κ2) is 7.25. The molecule has 0 bridgehead atoms. The van der Waals surface area contributed by atoms with Crippen LogP contribution in [0.4, 0.5) is 5.69 Å². The molecule has 0 aliphatic carbocycles. The van der Waals surface area contributed by atoms with Gasteiger partial charge in [0.25, 0.3) is 5.91 Å². The molecule has 3 rings (SSSR count). The first-order valence-corrected chi connectivity index (χ1v) is 8.16. The van der Waals surface area contributed by atoms with Crippen molar-refractivity contribution in [2.24, 2.45) is 5.73 Å². The number of likely N-dealkylation sites (tertiary alicyclic amines) is 1. The summed E-state index contributed by atoms with van der Waals surface area (Å²) < 4.78 is 5.12. The van der Waals surface area contributed by atoms with E-state index in [-0.39, 0.29) is 11.9 Å². The Morgan fingerprint density at radius 1 is 1.08 bits per heavy atom. The fraction of sp³-hybridized carbons (Fsp3) is 0.263. The number of methoxy groups -OCH3 is 1. The summed E-state index contributed by atoms with van der Waals surface area (Å²) in [5, 5.41) is 3.40. The van der Waals surface area contributed by atoms with Crippen molar-refractivity contribution in [1.29, 1.82) is 0 Å². The standard InChI is InChI=1S/C19H21N3O3/c1-25-17-8-4-14(5-9-17)19(24)22-11-10-16(12-22)21-15-6-2-13(3-7-15)18(20)23/h2-9,16,21H,10-12H2,1H3,(H2,20,23). The van der Waals surface area contributed by atoms with Gasteiger partial charge in [-0.05, 0) is 55.0 Å². The minimum absolute atomic E-state index is 0.0241. The number of nitrogens with zero attached hydrogens (tertiary/aromatic N) is 1. The summed E-state index contributed by atoms with van der Waals surface area (Å²) in [5.74, 6) is 0.316. The van der Waals surface area contributed by atoms with E-state index < -0.39 is 5.91 Å². The summed E-state index contributed by atoms with van der Waals surface area (Å²) in [5.41, 5.74) is 7.29. The highest BCUT2D eigenvalue weighted by Crippen LogP contribution is 2.19. The van der Waals surface area contributed by atoms with Crippen LogP contribution in [0.15, 0.2) is 48.5 Å². The summed E-state index contributed by atoms with van der Waals surface area (Å²) in [6, 6.07) is 14.4. The van der Waals surface area contributed by atoms with Crippen molar-refractivity contribution in [3.63, 3.8) is 0 Å². The van der Waals surface area contributed by atoms with E-state index in [4.69, 9.17) is 10.5 Å². The lowest BCUT2D eigenvalue weighted by Crippen LogP contribution is -2.31. The summed E-state index contributed by atoms with van der Waals surface area (Å²) >= 11 is 0. The van der Waals surface area contributed by atoms with E-state index in [0.717, 1.165) is 17.9 Å². The van der Waals surface area contributed by atoms with Crippen LogP contribution >= 0.6 is 0 Å². The fourth-order valence-electron chi connectivity index (χ4n) is 2.95. The van der Waals surface area contributed by atoms with E-state index in [9.17, 15) is 9.59 Å². The summed E-state index contributed by atoms with van der Waals surface area (Å²) in [6.45, 7) is 1.35. The molecule has 1 atom stereocenters. The SMILES string of the molecule is COc1ccc(C(=O)N2CCC(Nc3ccc(C(N)=O)cc3)C2)cc1. The maximum atomic E-state index is 12.6. The van der Waals surface area contributed by atoms with E-state index in [1.165, 1.54) is 0 Å². The first kappa shape index (κ1) is 16.8. The highest BCUT2D eigenvalue weighted by Gasteiger charge is 2.26. The number of rotatable bonds is 5. The van der Waals surface area contributed by atoms with Crippen LogP contribution in [0.2, 0.25) is 0 Å². The van der Waals surface area contributed by atoms with Gasteiger partial charge in [0, 0.05) is 35.9 Å². The second-order valence-corrected chi connectivity index (χ2v) is 6.05. The topological polar surface area (TPSA) is 84.7 Å². The van der Waals surface area contributed by atoms with Crippen molar-refractivity contribution in [2.75, 3.05) is 25.5 Å². The van der Waals surface area contributed by atoms with Gasteiger partial charge in [0.1, 0.15) is 5.75 Å². The third kappa shape index (κ3) is 3.91. The van der Waals surface area contributed by atoms with E-state index in [0.29, 0.717) is 24.2 Å². The van der Waals surface area contributed by atoms with Crippen LogP contribution in [-0.2, 0) is 0 Å². The average molecular weight is 339 g/mol. The monoisotopic (exact) mass is 339 g/mol. The van der Waals surface area contributed by atoms with Gasteiger partial charge in [-0.1, -0.05) is 0 Å². The van der Waals surface area contributed by atoms with Gasteiger partial charge in [-0.15, -0.1) is 0 Å². The van der Waals surface area contributed by atoms with Crippen LogP contribution in [0.1, 0.15) is 27.1 Å². The molecule has 0 spiro atoms. The molecule has 2 aromatic carbocycles. The number of nitrogens with two attached hydrogens (primary N) is 1. The number of amides is 2. The number of ether oxygens (including phenoxy) is 1. The Bertz CT molecular complexity index is 756. The molecule has 1 unspecified atom stereocenters. The molecular formula is C19H21N3O3. The molecule has 2 amide bonds. The molecule has 130 valence electrons. The Morgan fingerprint density at radius 3 is 2.32 bits per heavy atom. The molecule has 1 heterocycles. The van der Waals surface area contributed by atoms with Crippen LogP contribution in [0, 0.1) is 0 Å². The number of benzene rings is 2. The molecule has 0 radical (unpaired) electrons. The van der Waals surface area contributed by atoms with Crippen molar-refractivity contribution in [2.45, 2.75) is 12.5 Å². The van der Waals surface area contributed by atoms with E-state index in [1.807, 2.05) is 17.0 Å². The molecule has 0 aromatic heterocycles. The van der Waals surface area contributed by atoms with Crippen molar-refractivity contribution in [3.05, 3.63) is 59.7 Å². The predicted octanol–water partition coefficient (Wildman–Crippen LogP) is 2.12. The lowest BCUT2D eigenvalue weighted by molar-refractivity contribution is 0.0791. The molecule has 6 heteroatoms. The second-order valence-electron chi connectivity index (χ2n) is 6.05. The molecule has 1 fully saturated rings. The third-order valence-corrected chi connectivity index (χ3v) is 4.35. The Hall–Kier alpha value is -3.02. The molecule has 0 saturated carbocycles. The Balaban J connectivity index is 1.59. The highest BCUT2D eigenvalue weighted by molar-refractivity contribution is 5.94. The summed E-state index contributed by atoms with van der Waals surface area (Å²) in [7, 11) is 1.60. The van der Waals surface area contributed by atoms with Crippen LogP contribution in [-0.4, -0.2) is 43.0 Å². The molecule has 1 aliphatic rings. The quantitative estimate of drug-likeness (QED) is 0.874. The molecule has 6 nitrogen and oxygen atoms in total. The first-order chi connectivity index (χ1) is 12.1. The van der Waals surface area contributed by atoms with Crippen LogP contribution in [0.3, 0.4) is 0 Å². The van der Waals surface area contributed by atoms with Gasteiger partial charge in [0.2, 0.25) is 5.91 Å². The van der Waals surface area contributed by atoms with Gasteiger partial charge in [0.05, 0.1) is 7.11 Å². The first-order valence-electron chi connectivity index (χ1n) is 8.16. The molecule has 25 heavy (non-hydrogen) atoms. The Morgan fingerprint density at radius 2 is 1.72 bits per heavy atom.